The Balaban J connectivity index is 1.73. The molecular formula is C26H33N3O4S. The molecule has 4 rings (SSSR count). The molecule has 182 valence electrons. The summed E-state index contributed by atoms with van der Waals surface area (Å²) >= 11 is 0. The third kappa shape index (κ3) is 4.61. The third-order valence-electron chi connectivity index (χ3n) is 7.10. The van der Waals surface area contributed by atoms with Crippen molar-refractivity contribution in [1.29, 1.82) is 0 Å². The first kappa shape index (κ1) is 24.4. The summed E-state index contributed by atoms with van der Waals surface area (Å²) in [5.41, 5.74) is 1.29. The fourth-order valence-electron chi connectivity index (χ4n) is 4.93. The molecule has 2 fully saturated rings. The van der Waals surface area contributed by atoms with Gasteiger partial charge in [-0.25, -0.2) is 8.42 Å². The average Bonchev–Trinajstić information content (AvgIpc) is 2.82. The fourth-order valence-corrected chi connectivity index (χ4v) is 6.43. The zero-order valence-electron chi connectivity index (χ0n) is 20.1. The first-order chi connectivity index (χ1) is 16.1. The van der Waals surface area contributed by atoms with Gasteiger partial charge in [-0.05, 0) is 69.0 Å². The van der Waals surface area contributed by atoms with Crippen LogP contribution in [0.5, 0.6) is 0 Å². The van der Waals surface area contributed by atoms with Crippen molar-refractivity contribution in [3.63, 3.8) is 0 Å². The Hall–Kier alpha value is -2.71. The van der Waals surface area contributed by atoms with Crippen LogP contribution in [0.15, 0.2) is 53.4 Å². The molecule has 7 nitrogen and oxygen atoms in total. The molecule has 0 unspecified atom stereocenters. The lowest BCUT2D eigenvalue weighted by molar-refractivity contribution is -0.133. The number of rotatable bonds is 5. The molecule has 8 heteroatoms. The van der Waals surface area contributed by atoms with Gasteiger partial charge in [0.15, 0.2) is 0 Å². The third-order valence-corrected chi connectivity index (χ3v) is 8.90. The molecule has 1 N–H and O–H groups in total. The Morgan fingerprint density at radius 2 is 1.68 bits per heavy atom. The largest absolute Gasteiger partial charge is 0.351 e. The summed E-state index contributed by atoms with van der Waals surface area (Å²) in [6, 6.07) is 13.7. The molecule has 1 atom stereocenters. The number of nitrogens with one attached hydrogen (secondary N) is 1. The lowest BCUT2D eigenvalue weighted by Gasteiger charge is -2.47. The molecular weight excluding hydrogens is 450 g/mol. The van der Waals surface area contributed by atoms with Gasteiger partial charge in [-0.2, -0.15) is 4.31 Å². The van der Waals surface area contributed by atoms with E-state index in [1.165, 1.54) is 17.0 Å². The first-order valence-electron chi connectivity index (χ1n) is 11.9. The summed E-state index contributed by atoms with van der Waals surface area (Å²) in [5.74, 6) is -0.741. The van der Waals surface area contributed by atoms with Crippen molar-refractivity contribution in [3.05, 3.63) is 59.7 Å². The van der Waals surface area contributed by atoms with Crippen LogP contribution >= 0.6 is 0 Å². The molecule has 0 bridgehead atoms. The van der Waals surface area contributed by atoms with Crippen molar-refractivity contribution in [2.75, 3.05) is 18.0 Å². The molecule has 0 aromatic heterocycles. The molecule has 0 radical (unpaired) electrons. The number of aryl methyl sites for hydroxylation is 2. The van der Waals surface area contributed by atoms with Crippen molar-refractivity contribution in [3.8, 4) is 0 Å². The van der Waals surface area contributed by atoms with Gasteiger partial charge in [0.05, 0.1) is 11.4 Å². The number of piperazine rings is 1. The standard InChI is InChI=1S/C26H33N3O4S/c1-19-14-15-22(16-20(19)2)29-24(30)17-28(34(32,33)23-12-8-5-9-13-23)18-26(29,3)25(31)27-21-10-6-4-7-11-21/h5,8-9,12-16,21H,4,6-7,10-11,17-18H2,1-3H3,(H,27,31)/t26-/m1/s1. The Morgan fingerprint density at radius 3 is 2.32 bits per heavy atom. The Kier molecular flexibility index (Phi) is 6.82. The highest BCUT2D eigenvalue weighted by Gasteiger charge is 2.51. The highest BCUT2D eigenvalue weighted by molar-refractivity contribution is 7.89. The zero-order valence-corrected chi connectivity index (χ0v) is 20.9. The van der Waals surface area contributed by atoms with Crippen molar-refractivity contribution < 1.29 is 18.0 Å². The molecule has 0 spiro atoms. The number of benzene rings is 2. The predicted molar refractivity (Wildman–Crippen MR) is 132 cm³/mol. The topological polar surface area (TPSA) is 86.8 Å². The minimum atomic E-state index is -3.95. The summed E-state index contributed by atoms with van der Waals surface area (Å²) in [5, 5.41) is 3.13. The summed E-state index contributed by atoms with van der Waals surface area (Å²) < 4.78 is 27.9. The summed E-state index contributed by atoms with van der Waals surface area (Å²) in [7, 11) is -3.95. The van der Waals surface area contributed by atoms with E-state index in [0.29, 0.717) is 5.69 Å². The van der Waals surface area contributed by atoms with Gasteiger partial charge in [-0.3, -0.25) is 14.5 Å². The van der Waals surface area contributed by atoms with Crippen LogP contribution in [0.3, 0.4) is 0 Å². The maximum atomic E-state index is 13.8. The van der Waals surface area contributed by atoms with E-state index in [1.54, 1.807) is 25.1 Å². The summed E-state index contributed by atoms with van der Waals surface area (Å²) in [4.78, 5) is 28.9. The molecule has 2 aliphatic rings. The van der Waals surface area contributed by atoms with Crippen molar-refractivity contribution in [2.24, 2.45) is 0 Å². The van der Waals surface area contributed by atoms with Gasteiger partial charge in [0, 0.05) is 18.3 Å². The van der Waals surface area contributed by atoms with Gasteiger partial charge >= 0.3 is 0 Å². The molecule has 1 aliphatic carbocycles. The monoisotopic (exact) mass is 483 g/mol. The lowest BCUT2D eigenvalue weighted by Crippen LogP contribution is -2.70. The lowest BCUT2D eigenvalue weighted by atomic mass is 9.91. The second-order valence-corrected chi connectivity index (χ2v) is 11.6. The maximum absolute atomic E-state index is 13.8. The van der Waals surface area contributed by atoms with Gasteiger partial charge < -0.3 is 5.32 Å². The average molecular weight is 484 g/mol. The van der Waals surface area contributed by atoms with E-state index in [0.717, 1.165) is 47.5 Å². The number of anilines is 1. The minimum absolute atomic E-state index is 0.0379. The van der Waals surface area contributed by atoms with Gasteiger partial charge in [-0.1, -0.05) is 43.5 Å². The Morgan fingerprint density at radius 1 is 1.00 bits per heavy atom. The van der Waals surface area contributed by atoms with Crippen LogP contribution in [0.4, 0.5) is 5.69 Å². The number of sulfonamides is 1. The smallest absolute Gasteiger partial charge is 0.247 e. The maximum Gasteiger partial charge on any atom is 0.247 e. The van der Waals surface area contributed by atoms with Crippen LogP contribution in [-0.2, 0) is 19.6 Å². The number of hydrogen-bond donors (Lipinski definition) is 1. The fraction of sp³-hybridized carbons (Fsp3) is 0.462. The highest BCUT2D eigenvalue weighted by Crippen LogP contribution is 2.33. The van der Waals surface area contributed by atoms with Crippen LogP contribution < -0.4 is 10.2 Å². The number of hydrogen-bond acceptors (Lipinski definition) is 4. The van der Waals surface area contributed by atoms with E-state index < -0.39 is 21.5 Å². The van der Waals surface area contributed by atoms with Crippen LogP contribution in [0, 0.1) is 13.8 Å². The molecule has 1 saturated heterocycles. The van der Waals surface area contributed by atoms with Gasteiger partial charge in [-0.15, -0.1) is 0 Å². The summed E-state index contributed by atoms with van der Waals surface area (Å²) in [6.45, 7) is 5.17. The molecule has 1 saturated carbocycles. The second-order valence-electron chi connectivity index (χ2n) is 9.67. The SMILES string of the molecule is Cc1ccc(N2C(=O)CN(S(=O)(=O)c3ccccc3)C[C@]2(C)C(=O)NC2CCCCC2)cc1C. The highest BCUT2D eigenvalue weighted by atomic mass is 32.2. The molecule has 1 heterocycles. The van der Waals surface area contributed by atoms with Crippen LogP contribution in [0.1, 0.15) is 50.2 Å². The van der Waals surface area contributed by atoms with E-state index in [2.05, 4.69) is 5.32 Å². The molecule has 2 amide bonds. The number of nitrogens with zero attached hydrogens (tertiary/aromatic N) is 2. The van der Waals surface area contributed by atoms with E-state index in [1.807, 2.05) is 32.0 Å². The zero-order chi connectivity index (χ0) is 24.5. The molecule has 2 aromatic carbocycles. The van der Waals surface area contributed by atoms with Gasteiger partial charge in [0.2, 0.25) is 21.8 Å². The van der Waals surface area contributed by atoms with Gasteiger partial charge in [0.25, 0.3) is 0 Å². The van der Waals surface area contributed by atoms with Crippen molar-refractivity contribution in [2.45, 2.75) is 69.4 Å². The van der Waals surface area contributed by atoms with Gasteiger partial charge in [0.1, 0.15) is 5.54 Å². The van der Waals surface area contributed by atoms with Crippen molar-refractivity contribution >= 4 is 27.5 Å². The molecule has 1 aliphatic heterocycles. The number of carbonyl (C=O) groups is 2. The number of amides is 2. The van der Waals surface area contributed by atoms with E-state index in [-0.39, 0.29) is 29.9 Å². The number of carbonyl (C=O) groups excluding carboxylic acids is 2. The van der Waals surface area contributed by atoms with Crippen LogP contribution in [-0.4, -0.2) is 49.2 Å². The van der Waals surface area contributed by atoms with E-state index >= 15 is 0 Å². The Labute approximate surface area is 202 Å². The first-order valence-corrected chi connectivity index (χ1v) is 13.3. The van der Waals surface area contributed by atoms with Crippen LogP contribution in [0.2, 0.25) is 0 Å². The summed E-state index contributed by atoms with van der Waals surface area (Å²) in [6.07, 6.45) is 5.04. The predicted octanol–water partition coefficient (Wildman–Crippen LogP) is 3.55. The molecule has 2 aromatic rings. The normalized spacial score (nSPS) is 22.6. The molecule has 34 heavy (non-hydrogen) atoms. The Bertz CT molecular complexity index is 1180. The van der Waals surface area contributed by atoms with Crippen molar-refractivity contribution in [1.82, 2.24) is 9.62 Å². The van der Waals surface area contributed by atoms with E-state index in [4.69, 9.17) is 0 Å². The van der Waals surface area contributed by atoms with Crippen LogP contribution in [0.25, 0.3) is 0 Å². The second kappa shape index (κ2) is 9.50. The quantitative estimate of drug-likeness (QED) is 0.705. The minimum Gasteiger partial charge on any atom is -0.351 e. The van der Waals surface area contributed by atoms with E-state index in [9.17, 15) is 18.0 Å².